The van der Waals surface area contributed by atoms with Crippen LogP contribution in [0.3, 0.4) is 0 Å². The molecule has 0 aliphatic rings. The number of hydrogen-bond donors (Lipinski definition) is 3. The number of carboxylic acids is 1. The van der Waals surface area contributed by atoms with Gasteiger partial charge in [-0.05, 0) is 42.5 Å². The summed E-state index contributed by atoms with van der Waals surface area (Å²) >= 11 is 5.42. The zero-order valence-corrected chi connectivity index (χ0v) is 17.2. The summed E-state index contributed by atoms with van der Waals surface area (Å²) in [6.07, 6.45) is 0. The summed E-state index contributed by atoms with van der Waals surface area (Å²) in [6, 6.07) is 20.5. The molecule has 6 nitrogen and oxygen atoms in total. The highest BCUT2D eigenvalue weighted by atomic mass is 35.5. The van der Waals surface area contributed by atoms with Crippen molar-refractivity contribution in [1.29, 1.82) is 0 Å². The van der Waals surface area contributed by atoms with E-state index in [-0.39, 0.29) is 10.6 Å². The Hall–Kier alpha value is -3.68. The third-order valence-electron chi connectivity index (χ3n) is 4.40. The number of hydrazine groups is 1. The number of anilines is 1. The van der Waals surface area contributed by atoms with Crippen molar-refractivity contribution < 1.29 is 19.0 Å². The summed E-state index contributed by atoms with van der Waals surface area (Å²) in [5, 5.41) is 10.1. The van der Waals surface area contributed by atoms with Crippen molar-refractivity contribution in [2.75, 3.05) is 12.5 Å². The van der Waals surface area contributed by atoms with E-state index in [2.05, 4.69) is 10.4 Å². The Kier molecular flexibility index (Phi) is 7.02. The molecule has 3 aromatic carbocycles. The quantitative estimate of drug-likeness (QED) is 0.292. The van der Waals surface area contributed by atoms with Crippen LogP contribution in [-0.2, 0) is 0 Å². The summed E-state index contributed by atoms with van der Waals surface area (Å²) in [5.74, 6) is 4.23. The molecule has 0 unspecified atom stereocenters. The van der Waals surface area contributed by atoms with Gasteiger partial charge in [-0.1, -0.05) is 41.9 Å². The first-order chi connectivity index (χ1) is 14.9. The zero-order chi connectivity index (χ0) is 22.4. The number of nitrogens with zero attached hydrogens (tertiary/aromatic N) is 1. The molecule has 4 aromatic rings. The Morgan fingerprint density at radius 3 is 2.45 bits per heavy atom. The van der Waals surface area contributed by atoms with Crippen molar-refractivity contribution >= 4 is 34.2 Å². The van der Waals surface area contributed by atoms with Gasteiger partial charge in [0.05, 0.1) is 34.6 Å². The van der Waals surface area contributed by atoms with E-state index in [1.807, 2.05) is 30.3 Å². The summed E-state index contributed by atoms with van der Waals surface area (Å²) in [7, 11) is 1.55. The van der Waals surface area contributed by atoms with Crippen LogP contribution >= 0.6 is 11.6 Å². The summed E-state index contributed by atoms with van der Waals surface area (Å²) in [6.45, 7) is 0. The SMILES string of the molecule is COc1ccc2nc(-c3ccccc3)cc(C(=O)O)c2c1.NNc1ccc(F)c(Cl)c1. The molecule has 4 N–H and O–H groups in total. The van der Waals surface area contributed by atoms with Crippen molar-refractivity contribution in [3.8, 4) is 17.0 Å². The summed E-state index contributed by atoms with van der Waals surface area (Å²) in [5.41, 5.74) is 5.32. The maximum Gasteiger partial charge on any atom is 0.336 e. The lowest BCUT2D eigenvalue weighted by atomic mass is 10.0. The number of aromatic nitrogens is 1. The topological polar surface area (TPSA) is 97.5 Å². The van der Waals surface area contributed by atoms with Crippen molar-refractivity contribution in [3.05, 3.63) is 89.2 Å². The van der Waals surface area contributed by atoms with Gasteiger partial charge in [0.15, 0.2) is 0 Å². The number of nitrogen functional groups attached to an aromatic ring is 1. The molecule has 0 saturated heterocycles. The van der Waals surface area contributed by atoms with Crippen LogP contribution in [0.1, 0.15) is 10.4 Å². The number of benzene rings is 3. The fraction of sp³-hybridized carbons (Fsp3) is 0.0435. The number of rotatable bonds is 4. The van der Waals surface area contributed by atoms with Crippen LogP contribution in [0.25, 0.3) is 22.2 Å². The van der Waals surface area contributed by atoms with Gasteiger partial charge < -0.3 is 15.3 Å². The molecule has 31 heavy (non-hydrogen) atoms. The molecule has 4 rings (SSSR count). The maximum absolute atomic E-state index is 12.4. The van der Waals surface area contributed by atoms with Gasteiger partial charge in [-0.25, -0.2) is 14.2 Å². The molecule has 1 heterocycles. The van der Waals surface area contributed by atoms with Gasteiger partial charge in [0, 0.05) is 10.9 Å². The molecule has 0 aliphatic heterocycles. The van der Waals surface area contributed by atoms with E-state index in [0.29, 0.717) is 28.0 Å². The zero-order valence-electron chi connectivity index (χ0n) is 16.5. The Balaban J connectivity index is 0.000000229. The van der Waals surface area contributed by atoms with Crippen LogP contribution in [0.15, 0.2) is 72.8 Å². The second-order valence-corrected chi connectivity index (χ2v) is 6.79. The molecule has 0 radical (unpaired) electrons. The highest BCUT2D eigenvalue weighted by Crippen LogP contribution is 2.27. The molecule has 0 atom stereocenters. The molecular weight excluding hydrogens is 421 g/mol. The number of carbonyl (C=O) groups is 1. The lowest BCUT2D eigenvalue weighted by Crippen LogP contribution is -2.06. The first-order valence-electron chi connectivity index (χ1n) is 9.12. The Morgan fingerprint density at radius 1 is 1.10 bits per heavy atom. The van der Waals surface area contributed by atoms with E-state index < -0.39 is 11.8 Å². The smallest absolute Gasteiger partial charge is 0.336 e. The summed E-state index contributed by atoms with van der Waals surface area (Å²) in [4.78, 5) is 16.1. The van der Waals surface area contributed by atoms with E-state index in [4.69, 9.17) is 22.2 Å². The molecule has 0 fully saturated rings. The van der Waals surface area contributed by atoms with Gasteiger partial charge in [-0.3, -0.25) is 5.84 Å². The van der Waals surface area contributed by atoms with Crippen molar-refractivity contribution in [2.24, 2.45) is 5.84 Å². The highest BCUT2D eigenvalue weighted by molar-refractivity contribution is 6.31. The van der Waals surface area contributed by atoms with Gasteiger partial charge in [0.25, 0.3) is 0 Å². The predicted octanol–water partition coefficient (Wildman–Crippen LogP) is 5.37. The standard InChI is InChI=1S/C17H13NO3.C6H6ClFN2/c1-21-12-7-8-15-13(9-12)14(17(19)20)10-16(18-15)11-5-3-2-4-6-11;7-5-3-4(10-9)1-2-6(5)8/h2-10H,1H3,(H,19,20);1-3,10H,9H2. The van der Waals surface area contributed by atoms with E-state index in [1.165, 1.54) is 18.2 Å². The number of hydrogen-bond acceptors (Lipinski definition) is 5. The average Bonchev–Trinajstić information content (AvgIpc) is 2.80. The van der Waals surface area contributed by atoms with E-state index >= 15 is 0 Å². The van der Waals surface area contributed by atoms with Crippen LogP contribution in [-0.4, -0.2) is 23.2 Å². The largest absolute Gasteiger partial charge is 0.497 e. The molecule has 0 spiro atoms. The number of aromatic carboxylic acids is 1. The minimum atomic E-state index is -0.979. The molecular formula is C23H19ClFN3O3. The lowest BCUT2D eigenvalue weighted by Gasteiger charge is -2.08. The van der Waals surface area contributed by atoms with E-state index in [1.54, 1.807) is 31.4 Å². The molecule has 158 valence electrons. The molecule has 0 aliphatic carbocycles. The second kappa shape index (κ2) is 9.88. The molecule has 0 bridgehead atoms. The minimum absolute atomic E-state index is 0.0652. The van der Waals surface area contributed by atoms with Crippen molar-refractivity contribution in [3.63, 3.8) is 0 Å². The number of fused-ring (bicyclic) bond motifs is 1. The number of nitrogens with two attached hydrogens (primary N) is 1. The monoisotopic (exact) mass is 439 g/mol. The highest BCUT2D eigenvalue weighted by Gasteiger charge is 2.13. The first-order valence-corrected chi connectivity index (χ1v) is 9.50. The number of methoxy groups -OCH3 is 1. The average molecular weight is 440 g/mol. The summed E-state index contributed by atoms with van der Waals surface area (Å²) < 4.78 is 17.6. The predicted molar refractivity (Wildman–Crippen MR) is 120 cm³/mol. The lowest BCUT2D eigenvalue weighted by molar-refractivity contribution is 0.0699. The van der Waals surface area contributed by atoms with Crippen LogP contribution in [0.2, 0.25) is 5.02 Å². The van der Waals surface area contributed by atoms with E-state index in [9.17, 15) is 14.3 Å². The van der Waals surface area contributed by atoms with Crippen LogP contribution in [0.5, 0.6) is 5.75 Å². The van der Waals surface area contributed by atoms with Gasteiger partial charge in [-0.15, -0.1) is 0 Å². The Morgan fingerprint density at radius 2 is 1.84 bits per heavy atom. The molecule has 0 saturated carbocycles. The van der Waals surface area contributed by atoms with Crippen molar-refractivity contribution in [1.82, 2.24) is 4.98 Å². The third-order valence-corrected chi connectivity index (χ3v) is 4.69. The third kappa shape index (κ3) is 5.28. The fourth-order valence-electron chi connectivity index (χ4n) is 2.85. The van der Waals surface area contributed by atoms with Gasteiger partial charge in [-0.2, -0.15) is 0 Å². The van der Waals surface area contributed by atoms with Crippen LogP contribution in [0, 0.1) is 5.82 Å². The maximum atomic E-state index is 12.4. The van der Waals surface area contributed by atoms with Crippen LogP contribution in [0.4, 0.5) is 10.1 Å². The van der Waals surface area contributed by atoms with Gasteiger partial charge in [0.2, 0.25) is 0 Å². The first kappa shape index (κ1) is 22.0. The minimum Gasteiger partial charge on any atom is -0.497 e. The van der Waals surface area contributed by atoms with Gasteiger partial charge >= 0.3 is 5.97 Å². The molecule has 8 heteroatoms. The fourth-order valence-corrected chi connectivity index (χ4v) is 3.03. The number of carboxylic acid groups (broad SMARTS) is 1. The molecule has 0 amide bonds. The van der Waals surface area contributed by atoms with Crippen LogP contribution < -0.4 is 16.0 Å². The number of pyridine rings is 1. The number of ether oxygens (including phenoxy) is 1. The number of halogens is 2. The molecule has 1 aromatic heterocycles. The van der Waals surface area contributed by atoms with E-state index in [0.717, 1.165) is 5.56 Å². The number of nitrogens with one attached hydrogen (secondary N) is 1. The Bertz CT molecular complexity index is 1220. The Labute approximate surface area is 183 Å². The van der Waals surface area contributed by atoms with Crippen molar-refractivity contribution in [2.45, 2.75) is 0 Å². The normalized spacial score (nSPS) is 10.2. The van der Waals surface area contributed by atoms with Gasteiger partial charge in [0.1, 0.15) is 11.6 Å². The second-order valence-electron chi connectivity index (χ2n) is 6.38.